The average Bonchev–Trinajstić information content (AvgIpc) is 3.06. The third kappa shape index (κ3) is 4.05. The second kappa shape index (κ2) is 7.70. The summed E-state index contributed by atoms with van der Waals surface area (Å²) in [5.41, 5.74) is 3.82. The van der Waals surface area contributed by atoms with Crippen molar-refractivity contribution in [1.29, 1.82) is 0 Å². The van der Waals surface area contributed by atoms with Crippen molar-refractivity contribution >= 4 is 17.3 Å². The Labute approximate surface area is 158 Å². The summed E-state index contributed by atoms with van der Waals surface area (Å²) in [6.07, 6.45) is 2.43. The summed E-state index contributed by atoms with van der Waals surface area (Å²) in [5, 5.41) is 8.66. The molecular weight excluding hydrogens is 342 g/mol. The lowest BCUT2D eigenvalue weighted by Gasteiger charge is -2.13. The maximum atomic E-state index is 5.94. The summed E-state index contributed by atoms with van der Waals surface area (Å²) < 4.78 is 17.4. The van der Waals surface area contributed by atoms with Crippen LogP contribution in [-0.2, 0) is 11.3 Å². The van der Waals surface area contributed by atoms with E-state index in [9.17, 15) is 0 Å². The number of ether oxygens (including phenoxy) is 3. The summed E-state index contributed by atoms with van der Waals surface area (Å²) in [5.74, 6) is 1.63. The quantitative estimate of drug-likeness (QED) is 0.733. The molecule has 6 nitrogen and oxygen atoms in total. The molecule has 4 bridgehead atoms. The second-order valence-corrected chi connectivity index (χ2v) is 6.84. The van der Waals surface area contributed by atoms with E-state index < -0.39 is 0 Å². The van der Waals surface area contributed by atoms with E-state index in [1.165, 1.54) is 6.40 Å². The van der Waals surface area contributed by atoms with Crippen LogP contribution in [0, 0.1) is 0 Å². The molecule has 1 N–H and O–H groups in total. The third-order valence-corrected chi connectivity index (χ3v) is 4.25. The molecule has 2 heterocycles. The fraction of sp³-hybridized carbons (Fsp3) is 0.333. The molecule has 0 spiro atoms. The van der Waals surface area contributed by atoms with Crippen LogP contribution in [0.5, 0.6) is 11.5 Å². The van der Waals surface area contributed by atoms with Gasteiger partial charge in [0.25, 0.3) is 0 Å². The maximum absolute atomic E-state index is 5.94. The Morgan fingerprint density at radius 1 is 1.15 bits per heavy atom. The van der Waals surface area contributed by atoms with Crippen molar-refractivity contribution in [2.45, 2.75) is 33.0 Å². The van der Waals surface area contributed by atoms with E-state index in [0.717, 1.165) is 45.6 Å². The largest absolute Gasteiger partial charge is 0.494 e. The van der Waals surface area contributed by atoms with Crippen molar-refractivity contribution < 1.29 is 14.2 Å². The molecule has 3 aromatic rings. The fourth-order valence-corrected chi connectivity index (χ4v) is 3.11. The first-order valence-electron chi connectivity index (χ1n) is 9.21. The fourth-order valence-electron chi connectivity index (χ4n) is 3.11. The van der Waals surface area contributed by atoms with Crippen LogP contribution in [0.25, 0.3) is 22.2 Å². The Balaban J connectivity index is 1.82. The van der Waals surface area contributed by atoms with Gasteiger partial charge in [0.1, 0.15) is 23.8 Å². The number of rotatable bonds is 2. The highest BCUT2D eigenvalue weighted by atomic mass is 16.5. The SMILES string of the molecule is CC(C)Oc1cc2cc(c1)-c1n[nH]c3ccc(cc13)OCCCN=COC2. The predicted octanol–water partition coefficient (Wildman–Crippen LogP) is 4.34. The van der Waals surface area contributed by atoms with Crippen molar-refractivity contribution in [2.24, 2.45) is 4.99 Å². The second-order valence-electron chi connectivity index (χ2n) is 6.84. The van der Waals surface area contributed by atoms with Gasteiger partial charge in [0.15, 0.2) is 6.40 Å². The maximum Gasteiger partial charge on any atom is 0.169 e. The van der Waals surface area contributed by atoms with Crippen LogP contribution >= 0.6 is 0 Å². The number of fused-ring (bicyclic) bond motifs is 4. The highest BCUT2D eigenvalue weighted by molar-refractivity contribution is 5.94. The monoisotopic (exact) mass is 365 g/mol. The minimum Gasteiger partial charge on any atom is -0.494 e. The van der Waals surface area contributed by atoms with Gasteiger partial charge in [0.2, 0.25) is 0 Å². The normalized spacial score (nSPS) is 14.5. The van der Waals surface area contributed by atoms with Crippen molar-refractivity contribution in [1.82, 2.24) is 10.2 Å². The van der Waals surface area contributed by atoms with E-state index in [1.54, 1.807) is 0 Å². The molecule has 27 heavy (non-hydrogen) atoms. The molecule has 0 radical (unpaired) electrons. The molecule has 6 heteroatoms. The minimum atomic E-state index is 0.0839. The van der Waals surface area contributed by atoms with Crippen LogP contribution in [0.2, 0.25) is 0 Å². The summed E-state index contributed by atoms with van der Waals surface area (Å²) in [4.78, 5) is 4.27. The van der Waals surface area contributed by atoms with Crippen molar-refractivity contribution in [2.75, 3.05) is 13.2 Å². The number of benzene rings is 2. The average molecular weight is 365 g/mol. The molecule has 0 aliphatic carbocycles. The molecule has 1 aromatic heterocycles. The topological polar surface area (TPSA) is 68.7 Å². The first kappa shape index (κ1) is 17.4. The molecule has 0 saturated carbocycles. The number of nitrogens with zero attached hydrogens (tertiary/aromatic N) is 2. The van der Waals surface area contributed by atoms with E-state index in [1.807, 2.05) is 44.2 Å². The lowest BCUT2D eigenvalue weighted by molar-refractivity contribution is 0.241. The van der Waals surface area contributed by atoms with Gasteiger partial charge in [-0.25, -0.2) is 0 Å². The molecule has 1 aliphatic rings. The van der Waals surface area contributed by atoms with Crippen molar-refractivity contribution in [3.05, 3.63) is 42.0 Å². The number of nitrogens with one attached hydrogen (secondary N) is 1. The van der Waals surface area contributed by atoms with Crippen LogP contribution < -0.4 is 9.47 Å². The molecular formula is C21H23N3O3. The van der Waals surface area contributed by atoms with E-state index in [2.05, 4.69) is 21.3 Å². The van der Waals surface area contributed by atoms with Gasteiger partial charge in [-0.2, -0.15) is 5.10 Å². The number of H-pyrrole nitrogens is 1. The molecule has 140 valence electrons. The zero-order chi connectivity index (χ0) is 18.6. The van der Waals surface area contributed by atoms with Gasteiger partial charge in [-0.05, 0) is 55.8 Å². The number of hydrogen-bond donors (Lipinski definition) is 1. The Morgan fingerprint density at radius 3 is 2.96 bits per heavy atom. The van der Waals surface area contributed by atoms with Crippen molar-refractivity contribution in [3.8, 4) is 22.8 Å². The van der Waals surface area contributed by atoms with Crippen molar-refractivity contribution in [3.63, 3.8) is 0 Å². The first-order chi connectivity index (χ1) is 13.2. The zero-order valence-corrected chi connectivity index (χ0v) is 15.6. The highest BCUT2D eigenvalue weighted by Crippen LogP contribution is 2.32. The molecule has 0 fully saturated rings. The van der Waals surface area contributed by atoms with E-state index in [-0.39, 0.29) is 6.10 Å². The van der Waals surface area contributed by atoms with Gasteiger partial charge in [0.05, 0.1) is 18.2 Å². The molecule has 1 aliphatic heterocycles. The van der Waals surface area contributed by atoms with Gasteiger partial charge in [-0.1, -0.05) is 0 Å². The van der Waals surface area contributed by atoms with E-state index in [4.69, 9.17) is 14.2 Å². The van der Waals surface area contributed by atoms with Crippen LogP contribution in [0.15, 0.2) is 41.4 Å². The Hall–Kier alpha value is -3.02. The Bertz CT molecular complexity index is 962. The standard InChI is InChI=1S/C21H23N3O3/c1-14(2)27-18-9-15-8-16(10-18)21-19-11-17(4-5-20(19)23-24-21)26-7-3-6-22-13-25-12-15/h4-5,8-11,13-14H,3,6-7,12H2,1-2H3,(H,23,24). The summed E-state index contributed by atoms with van der Waals surface area (Å²) in [7, 11) is 0. The third-order valence-electron chi connectivity index (χ3n) is 4.25. The lowest BCUT2D eigenvalue weighted by atomic mass is 10.0. The molecule has 0 unspecified atom stereocenters. The number of aromatic nitrogens is 2. The first-order valence-corrected chi connectivity index (χ1v) is 9.21. The molecule has 0 saturated heterocycles. The summed E-state index contributed by atoms with van der Waals surface area (Å²) >= 11 is 0. The number of aromatic amines is 1. The smallest absolute Gasteiger partial charge is 0.169 e. The number of aliphatic imine (C=N–C) groups is 1. The van der Waals surface area contributed by atoms with Gasteiger partial charge in [0, 0.05) is 23.9 Å². The predicted molar refractivity (Wildman–Crippen MR) is 106 cm³/mol. The van der Waals surface area contributed by atoms with Crippen LogP contribution in [-0.4, -0.2) is 35.9 Å². The summed E-state index contributed by atoms with van der Waals surface area (Å²) in [6.45, 7) is 5.73. The van der Waals surface area contributed by atoms with Gasteiger partial charge in [-0.15, -0.1) is 0 Å². The molecule has 0 atom stereocenters. The van der Waals surface area contributed by atoms with E-state index in [0.29, 0.717) is 19.8 Å². The highest BCUT2D eigenvalue weighted by Gasteiger charge is 2.13. The lowest BCUT2D eigenvalue weighted by Crippen LogP contribution is -2.06. The molecule has 0 amide bonds. The van der Waals surface area contributed by atoms with E-state index >= 15 is 0 Å². The van der Waals surface area contributed by atoms with Crippen LogP contribution in [0.1, 0.15) is 25.8 Å². The Kier molecular flexibility index (Phi) is 4.96. The van der Waals surface area contributed by atoms with Gasteiger partial charge < -0.3 is 14.2 Å². The number of hydrogen-bond acceptors (Lipinski definition) is 5. The minimum absolute atomic E-state index is 0.0839. The molecule has 4 rings (SSSR count). The Morgan fingerprint density at radius 2 is 2.07 bits per heavy atom. The zero-order valence-electron chi connectivity index (χ0n) is 15.6. The summed E-state index contributed by atoms with van der Waals surface area (Å²) in [6, 6.07) is 12.1. The molecule has 2 aromatic carbocycles. The van der Waals surface area contributed by atoms with Gasteiger partial charge in [-0.3, -0.25) is 10.1 Å². The van der Waals surface area contributed by atoms with Crippen LogP contribution in [0.4, 0.5) is 0 Å². The van der Waals surface area contributed by atoms with Gasteiger partial charge >= 0.3 is 0 Å². The van der Waals surface area contributed by atoms with Crippen LogP contribution in [0.3, 0.4) is 0 Å².